The van der Waals surface area contributed by atoms with Crippen molar-refractivity contribution in [2.75, 3.05) is 20.2 Å². The van der Waals surface area contributed by atoms with Gasteiger partial charge in [-0.15, -0.1) is 0 Å². The lowest BCUT2D eigenvalue weighted by Gasteiger charge is -2.36. The summed E-state index contributed by atoms with van der Waals surface area (Å²) in [6.07, 6.45) is -2.05. The third kappa shape index (κ3) is 4.35. The molecule has 1 heterocycles. The van der Waals surface area contributed by atoms with Crippen LogP contribution in [0.5, 0.6) is 11.5 Å². The van der Waals surface area contributed by atoms with Gasteiger partial charge in [0.2, 0.25) is 0 Å². The third-order valence-corrected chi connectivity index (χ3v) is 3.57. The Bertz CT molecular complexity index is 558. The van der Waals surface area contributed by atoms with Crippen molar-refractivity contribution >= 4 is 11.9 Å². The molecule has 0 bridgehead atoms. The first-order valence-corrected chi connectivity index (χ1v) is 7.38. The maximum Gasteiger partial charge on any atom is 0.334 e. The summed E-state index contributed by atoms with van der Waals surface area (Å²) >= 11 is 0. The van der Waals surface area contributed by atoms with Crippen LogP contribution in [0.1, 0.15) is 13.8 Å². The maximum absolute atomic E-state index is 12.5. The summed E-state index contributed by atoms with van der Waals surface area (Å²) in [7, 11) is 1.57. The number of methoxy groups -OCH3 is 1. The van der Waals surface area contributed by atoms with E-state index >= 15 is 0 Å². The number of nitrogens with zero attached hydrogens (tertiary/aromatic N) is 1. The lowest BCUT2D eigenvalue weighted by Crippen LogP contribution is -2.54. The molecule has 1 aromatic carbocycles. The Kier molecular flexibility index (Phi) is 5.44. The zero-order valence-electron chi connectivity index (χ0n) is 13.4. The number of rotatable bonds is 5. The van der Waals surface area contributed by atoms with Crippen molar-refractivity contribution < 1.29 is 28.9 Å². The number of carboxylic acid groups (broad SMARTS) is 1. The van der Waals surface area contributed by atoms with Gasteiger partial charge in [-0.05, 0) is 38.1 Å². The predicted octanol–water partition coefficient (Wildman–Crippen LogP) is 1.16. The third-order valence-electron chi connectivity index (χ3n) is 3.57. The van der Waals surface area contributed by atoms with Crippen LogP contribution in [0.4, 0.5) is 0 Å². The van der Waals surface area contributed by atoms with Crippen molar-refractivity contribution in [3.8, 4) is 11.5 Å². The summed E-state index contributed by atoms with van der Waals surface area (Å²) in [5.41, 5.74) is 0. The molecule has 1 aromatic rings. The summed E-state index contributed by atoms with van der Waals surface area (Å²) < 4.78 is 16.0. The van der Waals surface area contributed by atoms with Crippen LogP contribution in [0.25, 0.3) is 0 Å². The molecule has 2 unspecified atom stereocenters. The van der Waals surface area contributed by atoms with Gasteiger partial charge in [0.05, 0.1) is 19.8 Å². The van der Waals surface area contributed by atoms with E-state index in [1.165, 1.54) is 4.90 Å². The van der Waals surface area contributed by atoms with Crippen LogP contribution < -0.4 is 9.47 Å². The summed E-state index contributed by atoms with van der Waals surface area (Å²) in [6, 6.07) is 6.91. The van der Waals surface area contributed by atoms with Crippen molar-refractivity contribution in [3.05, 3.63) is 24.3 Å². The van der Waals surface area contributed by atoms with Crippen molar-refractivity contribution in [1.29, 1.82) is 0 Å². The lowest BCUT2D eigenvalue weighted by atomic mass is 10.2. The molecule has 1 aliphatic heterocycles. The number of aliphatic carboxylic acids is 1. The second-order valence-corrected chi connectivity index (χ2v) is 5.45. The summed E-state index contributed by atoms with van der Waals surface area (Å²) in [4.78, 5) is 25.0. The van der Waals surface area contributed by atoms with Gasteiger partial charge in [-0.25, -0.2) is 4.79 Å². The first kappa shape index (κ1) is 17.1. The van der Waals surface area contributed by atoms with Crippen LogP contribution in [0, 0.1) is 0 Å². The largest absolute Gasteiger partial charge is 0.497 e. The minimum Gasteiger partial charge on any atom is -0.497 e. The molecular weight excluding hydrogens is 302 g/mol. The van der Waals surface area contributed by atoms with Crippen LogP contribution >= 0.6 is 0 Å². The van der Waals surface area contributed by atoms with E-state index < -0.39 is 18.2 Å². The summed E-state index contributed by atoms with van der Waals surface area (Å²) in [6.45, 7) is 3.75. The lowest BCUT2D eigenvalue weighted by molar-refractivity contribution is -0.168. The zero-order chi connectivity index (χ0) is 17.0. The number of hydrogen-bond acceptors (Lipinski definition) is 5. The second-order valence-electron chi connectivity index (χ2n) is 5.45. The number of carboxylic acids is 1. The highest BCUT2D eigenvalue weighted by Gasteiger charge is 2.34. The number of carbonyl (C=O) groups excluding carboxylic acids is 1. The number of carbonyl (C=O) groups is 2. The summed E-state index contributed by atoms with van der Waals surface area (Å²) in [5, 5.41) is 9.07. The van der Waals surface area contributed by atoms with Gasteiger partial charge in [-0.1, -0.05) is 0 Å². The van der Waals surface area contributed by atoms with Crippen LogP contribution in [-0.4, -0.2) is 60.4 Å². The van der Waals surface area contributed by atoms with Gasteiger partial charge in [-0.3, -0.25) is 4.79 Å². The van der Waals surface area contributed by atoms with Gasteiger partial charge < -0.3 is 24.2 Å². The molecule has 2 rings (SSSR count). The Morgan fingerprint density at radius 1 is 1.26 bits per heavy atom. The standard InChI is InChI=1S/C16H21NO6/c1-10-8-17(9-14(22-10)16(19)20)15(18)11(2)23-13-6-4-12(21-3)5-7-13/h4-7,10-11,14H,8-9H2,1-3H3,(H,19,20)/t10-,11?,14?/m1/s1. The van der Waals surface area contributed by atoms with E-state index in [1.54, 1.807) is 45.2 Å². The Morgan fingerprint density at radius 2 is 1.87 bits per heavy atom. The van der Waals surface area contributed by atoms with Gasteiger partial charge in [0.25, 0.3) is 5.91 Å². The van der Waals surface area contributed by atoms with E-state index in [9.17, 15) is 9.59 Å². The fraction of sp³-hybridized carbons (Fsp3) is 0.500. The number of benzene rings is 1. The van der Waals surface area contributed by atoms with Gasteiger partial charge in [0.15, 0.2) is 12.2 Å². The Balaban J connectivity index is 1.98. The minimum atomic E-state index is -1.07. The topological polar surface area (TPSA) is 85.3 Å². The van der Waals surface area contributed by atoms with Gasteiger partial charge >= 0.3 is 5.97 Å². The molecule has 0 radical (unpaired) electrons. The molecule has 1 aliphatic rings. The average Bonchev–Trinajstić information content (AvgIpc) is 2.54. The fourth-order valence-corrected chi connectivity index (χ4v) is 2.43. The normalized spacial score (nSPS) is 22.3. The Morgan fingerprint density at radius 3 is 2.43 bits per heavy atom. The van der Waals surface area contributed by atoms with E-state index in [4.69, 9.17) is 19.3 Å². The molecule has 1 saturated heterocycles. The van der Waals surface area contributed by atoms with Gasteiger partial charge in [0.1, 0.15) is 11.5 Å². The Labute approximate surface area is 134 Å². The predicted molar refractivity (Wildman–Crippen MR) is 81.6 cm³/mol. The molecule has 1 fully saturated rings. The van der Waals surface area contributed by atoms with Crippen LogP contribution in [0.15, 0.2) is 24.3 Å². The number of hydrogen-bond donors (Lipinski definition) is 1. The highest BCUT2D eigenvalue weighted by Crippen LogP contribution is 2.19. The van der Waals surface area contributed by atoms with Crippen molar-refractivity contribution in [2.45, 2.75) is 32.2 Å². The van der Waals surface area contributed by atoms with E-state index in [1.807, 2.05) is 0 Å². The van der Waals surface area contributed by atoms with Gasteiger partial charge in [0, 0.05) is 6.54 Å². The molecular formula is C16H21NO6. The minimum absolute atomic E-state index is 0.0226. The van der Waals surface area contributed by atoms with E-state index in [2.05, 4.69) is 0 Å². The monoisotopic (exact) mass is 323 g/mol. The van der Waals surface area contributed by atoms with E-state index in [0.29, 0.717) is 18.0 Å². The molecule has 0 saturated carbocycles. The van der Waals surface area contributed by atoms with Crippen LogP contribution in [0.2, 0.25) is 0 Å². The van der Waals surface area contributed by atoms with Crippen molar-refractivity contribution in [1.82, 2.24) is 4.90 Å². The first-order valence-electron chi connectivity index (χ1n) is 7.38. The number of morpholine rings is 1. The molecule has 0 aromatic heterocycles. The summed E-state index contributed by atoms with van der Waals surface area (Å²) in [5.74, 6) is -0.0920. The van der Waals surface area contributed by atoms with Gasteiger partial charge in [-0.2, -0.15) is 0 Å². The smallest absolute Gasteiger partial charge is 0.334 e. The molecule has 0 aliphatic carbocycles. The molecule has 7 heteroatoms. The highest BCUT2D eigenvalue weighted by molar-refractivity contribution is 5.82. The zero-order valence-corrected chi connectivity index (χ0v) is 13.4. The van der Waals surface area contributed by atoms with Crippen molar-refractivity contribution in [3.63, 3.8) is 0 Å². The molecule has 1 amide bonds. The van der Waals surface area contributed by atoms with Crippen molar-refractivity contribution in [2.24, 2.45) is 0 Å². The first-order chi connectivity index (χ1) is 10.9. The molecule has 1 N–H and O–H groups in total. The molecule has 3 atom stereocenters. The molecule has 7 nitrogen and oxygen atoms in total. The molecule has 126 valence electrons. The SMILES string of the molecule is COc1ccc(OC(C)C(=O)N2CC(C(=O)O)O[C@H](C)C2)cc1. The van der Waals surface area contributed by atoms with Crippen LogP contribution in [-0.2, 0) is 14.3 Å². The number of amides is 1. The second kappa shape index (κ2) is 7.32. The van der Waals surface area contributed by atoms with E-state index in [0.717, 1.165) is 0 Å². The van der Waals surface area contributed by atoms with E-state index in [-0.39, 0.29) is 18.6 Å². The Hall–Kier alpha value is -2.28. The maximum atomic E-state index is 12.5. The number of ether oxygens (including phenoxy) is 3. The fourth-order valence-electron chi connectivity index (χ4n) is 2.43. The van der Waals surface area contributed by atoms with Crippen LogP contribution in [0.3, 0.4) is 0 Å². The quantitative estimate of drug-likeness (QED) is 0.875. The molecule has 23 heavy (non-hydrogen) atoms. The highest BCUT2D eigenvalue weighted by atomic mass is 16.5. The average molecular weight is 323 g/mol. The molecule has 0 spiro atoms.